The van der Waals surface area contributed by atoms with E-state index in [0.29, 0.717) is 0 Å². The highest BCUT2D eigenvalue weighted by molar-refractivity contribution is 5.80. The smallest absolute Gasteiger partial charge is 0.145 e. The van der Waals surface area contributed by atoms with Crippen LogP contribution in [-0.2, 0) is 9.59 Å². The maximum Gasteiger partial charge on any atom is 0.145 e. The number of hydrogen-bond donors (Lipinski definition) is 0. The lowest BCUT2D eigenvalue weighted by atomic mass is 9.88. The van der Waals surface area contributed by atoms with Gasteiger partial charge in [0.2, 0.25) is 0 Å². The molecule has 0 saturated heterocycles. The molecule has 0 saturated carbocycles. The Bertz CT molecular complexity index is 204. The van der Waals surface area contributed by atoms with Crippen molar-refractivity contribution >= 4 is 12.1 Å². The Labute approximate surface area is 66.3 Å². The van der Waals surface area contributed by atoms with E-state index in [9.17, 15) is 9.59 Å². The Kier molecular flexibility index (Phi) is 2.58. The largest absolute Gasteiger partial charge is 0.300 e. The molecule has 0 N–H and O–H groups in total. The van der Waals surface area contributed by atoms with Crippen LogP contribution in [0.2, 0.25) is 0 Å². The second kappa shape index (κ2) is 3.46. The number of aldehydes is 1. The van der Waals surface area contributed by atoms with Crippen molar-refractivity contribution in [2.75, 3.05) is 0 Å². The molecular formula is C9H12O2. The molecule has 0 spiro atoms. The summed E-state index contributed by atoms with van der Waals surface area (Å²) in [5.41, 5.74) is 0.850. The van der Waals surface area contributed by atoms with E-state index in [4.69, 9.17) is 0 Å². The summed E-state index contributed by atoms with van der Waals surface area (Å²) in [7, 11) is 0. The fraction of sp³-hybridized carbons (Fsp3) is 0.556. The Hall–Kier alpha value is -0.920. The van der Waals surface area contributed by atoms with Crippen LogP contribution in [0.1, 0.15) is 26.2 Å². The van der Waals surface area contributed by atoms with E-state index in [2.05, 4.69) is 0 Å². The van der Waals surface area contributed by atoms with Crippen molar-refractivity contribution in [1.29, 1.82) is 0 Å². The fourth-order valence-electron chi connectivity index (χ4n) is 1.33. The second-order valence-corrected chi connectivity index (χ2v) is 2.98. The van der Waals surface area contributed by atoms with Crippen LogP contribution < -0.4 is 0 Å². The van der Waals surface area contributed by atoms with Gasteiger partial charge in [0.1, 0.15) is 12.1 Å². The van der Waals surface area contributed by atoms with E-state index in [0.717, 1.165) is 31.1 Å². The molecule has 0 heterocycles. The average Bonchev–Trinajstić information content (AvgIpc) is 2.05. The topological polar surface area (TPSA) is 34.1 Å². The van der Waals surface area contributed by atoms with Crippen LogP contribution in [0.15, 0.2) is 11.6 Å². The van der Waals surface area contributed by atoms with E-state index in [1.165, 1.54) is 0 Å². The first-order chi connectivity index (χ1) is 5.24. The SMILES string of the molecule is CC(=O)[C@@H]1CC=C(C=O)CC1. The summed E-state index contributed by atoms with van der Waals surface area (Å²) in [5.74, 6) is 0.407. The van der Waals surface area contributed by atoms with Gasteiger partial charge in [0.15, 0.2) is 0 Å². The molecule has 60 valence electrons. The number of allylic oxidation sites excluding steroid dienone is 2. The zero-order valence-electron chi connectivity index (χ0n) is 6.67. The molecule has 11 heavy (non-hydrogen) atoms. The van der Waals surface area contributed by atoms with Gasteiger partial charge in [-0.1, -0.05) is 6.08 Å². The number of Topliss-reactive ketones (excluding diaryl/α,β-unsaturated/α-hetero) is 1. The number of hydrogen-bond acceptors (Lipinski definition) is 2. The van der Waals surface area contributed by atoms with Crippen molar-refractivity contribution in [3.8, 4) is 0 Å². The van der Waals surface area contributed by atoms with Crippen LogP contribution in [0.5, 0.6) is 0 Å². The van der Waals surface area contributed by atoms with Crippen molar-refractivity contribution in [3.05, 3.63) is 11.6 Å². The van der Waals surface area contributed by atoms with Gasteiger partial charge in [-0.25, -0.2) is 0 Å². The van der Waals surface area contributed by atoms with Gasteiger partial charge in [-0.15, -0.1) is 0 Å². The minimum atomic E-state index is 0.165. The highest BCUT2D eigenvalue weighted by Crippen LogP contribution is 2.22. The molecule has 0 aliphatic heterocycles. The quantitative estimate of drug-likeness (QED) is 0.562. The van der Waals surface area contributed by atoms with Crippen LogP contribution in [0.3, 0.4) is 0 Å². The Morgan fingerprint density at radius 2 is 2.45 bits per heavy atom. The van der Waals surface area contributed by atoms with Crippen molar-refractivity contribution in [2.45, 2.75) is 26.2 Å². The molecule has 0 fully saturated rings. The summed E-state index contributed by atoms with van der Waals surface area (Å²) in [6, 6.07) is 0. The van der Waals surface area contributed by atoms with E-state index < -0.39 is 0 Å². The molecule has 0 radical (unpaired) electrons. The average molecular weight is 152 g/mol. The van der Waals surface area contributed by atoms with Crippen molar-refractivity contribution < 1.29 is 9.59 Å². The van der Waals surface area contributed by atoms with E-state index in [-0.39, 0.29) is 11.7 Å². The van der Waals surface area contributed by atoms with Crippen molar-refractivity contribution in [3.63, 3.8) is 0 Å². The zero-order chi connectivity index (χ0) is 8.27. The molecule has 0 aromatic heterocycles. The van der Waals surface area contributed by atoms with Crippen LogP contribution in [-0.4, -0.2) is 12.1 Å². The lowest BCUT2D eigenvalue weighted by Gasteiger charge is -2.16. The molecule has 2 nitrogen and oxygen atoms in total. The van der Waals surface area contributed by atoms with Crippen molar-refractivity contribution in [1.82, 2.24) is 0 Å². The third kappa shape index (κ3) is 2.00. The summed E-state index contributed by atoms with van der Waals surface area (Å²) < 4.78 is 0. The van der Waals surface area contributed by atoms with Crippen LogP contribution in [0.25, 0.3) is 0 Å². The molecular weight excluding hydrogens is 140 g/mol. The molecule has 0 aromatic carbocycles. The maximum atomic E-state index is 10.9. The Balaban J connectivity index is 2.54. The summed E-state index contributed by atoms with van der Waals surface area (Å²) in [6.45, 7) is 1.62. The van der Waals surface area contributed by atoms with Gasteiger partial charge in [0.25, 0.3) is 0 Å². The molecule has 1 aliphatic carbocycles. The maximum absolute atomic E-state index is 10.9. The third-order valence-corrected chi connectivity index (χ3v) is 2.17. The summed E-state index contributed by atoms with van der Waals surface area (Å²) in [6.07, 6.45) is 5.13. The first-order valence-corrected chi connectivity index (χ1v) is 3.88. The lowest BCUT2D eigenvalue weighted by molar-refractivity contribution is -0.121. The molecule has 1 atom stereocenters. The fourth-order valence-corrected chi connectivity index (χ4v) is 1.33. The first-order valence-electron chi connectivity index (χ1n) is 3.88. The molecule has 0 aromatic rings. The summed E-state index contributed by atoms with van der Waals surface area (Å²) in [5, 5.41) is 0. The van der Waals surface area contributed by atoms with E-state index in [1.807, 2.05) is 6.08 Å². The minimum Gasteiger partial charge on any atom is -0.300 e. The zero-order valence-corrected chi connectivity index (χ0v) is 6.67. The standard InChI is InChI=1S/C9H12O2/c1-7(11)9-4-2-8(6-10)3-5-9/h2,6,9H,3-5H2,1H3/t9-/m1/s1. The molecule has 1 aliphatic rings. The van der Waals surface area contributed by atoms with Crippen LogP contribution in [0.4, 0.5) is 0 Å². The van der Waals surface area contributed by atoms with Gasteiger partial charge in [0.05, 0.1) is 0 Å². The number of carbonyl (C=O) groups is 2. The van der Waals surface area contributed by atoms with Gasteiger partial charge >= 0.3 is 0 Å². The van der Waals surface area contributed by atoms with Gasteiger partial charge in [-0.2, -0.15) is 0 Å². The van der Waals surface area contributed by atoms with Gasteiger partial charge in [-0.3, -0.25) is 9.59 Å². The van der Waals surface area contributed by atoms with Gasteiger partial charge in [-0.05, 0) is 31.8 Å². The monoisotopic (exact) mass is 152 g/mol. The molecule has 0 unspecified atom stereocenters. The predicted molar refractivity (Wildman–Crippen MR) is 42.2 cm³/mol. The Morgan fingerprint density at radius 3 is 2.82 bits per heavy atom. The highest BCUT2D eigenvalue weighted by atomic mass is 16.1. The van der Waals surface area contributed by atoms with Crippen molar-refractivity contribution in [2.24, 2.45) is 5.92 Å². The van der Waals surface area contributed by atoms with E-state index >= 15 is 0 Å². The van der Waals surface area contributed by atoms with Gasteiger partial charge < -0.3 is 0 Å². The molecule has 0 amide bonds. The predicted octanol–water partition coefficient (Wildman–Crippen LogP) is 1.50. The molecule has 2 heteroatoms. The lowest BCUT2D eigenvalue weighted by Crippen LogP contribution is -2.13. The minimum absolute atomic E-state index is 0.165. The number of rotatable bonds is 2. The summed E-state index contributed by atoms with van der Waals surface area (Å²) in [4.78, 5) is 21.2. The van der Waals surface area contributed by atoms with Crippen LogP contribution >= 0.6 is 0 Å². The Morgan fingerprint density at radius 1 is 1.73 bits per heavy atom. The van der Waals surface area contributed by atoms with E-state index in [1.54, 1.807) is 6.92 Å². The van der Waals surface area contributed by atoms with Crippen LogP contribution in [0, 0.1) is 5.92 Å². The molecule has 1 rings (SSSR count). The highest BCUT2D eigenvalue weighted by Gasteiger charge is 2.17. The second-order valence-electron chi connectivity index (χ2n) is 2.98. The first kappa shape index (κ1) is 8.18. The normalized spacial score (nSPS) is 24.1. The number of ketones is 1. The molecule has 0 bridgehead atoms. The summed E-state index contributed by atoms with van der Waals surface area (Å²) >= 11 is 0. The number of carbonyl (C=O) groups excluding carboxylic acids is 2. The van der Waals surface area contributed by atoms with Gasteiger partial charge in [0, 0.05) is 5.92 Å². The third-order valence-electron chi connectivity index (χ3n) is 2.17.